The van der Waals surface area contributed by atoms with Crippen molar-refractivity contribution in [1.29, 1.82) is 5.26 Å². The van der Waals surface area contributed by atoms with Crippen molar-refractivity contribution in [3.63, 3.8) is 0 Å². The van der Waals surface area contributed by atoms with E-state index in [1.165, 1.54) is 6.08 Å². The molecule has 1 aliphatic heterocycles. The molecule has 6 nitrogen and oxygen atoms in total. The van der Waals surface area contributed by atoms with Crippen LogP contribution >= 0.6 is 0 Å². The van der Waals surface area contributed by atoms with Gasteiger partial charge in [-0.25, -0.2) is 4.79 Å². The van der Waals surface area contributed by atoms with Gasteiger partial charge in [-0.3, -0.25) is 4.79 Å². The second kappa shape index (κ2) is 10.4. The van der Waals surface area contributed by atoms with Crippen molar-refractivity contribution in [1.82, 2.24) is 4.90 Å². The summed E-state index contributed by atoms with van der Waals surface area (Å²) in [6.45, 7) is 1.30. The number of likely N-dealkylation sites (tertiary alicyclic amines) is 1. The Kier molecular flexibility index (Phi) is 7.45. The smallest absolute Gasteiger partial charge is 0.350 e. The van der Waals surface area contributed by atoms with Gasteiger partial charge in [0, 0.05) is 38.4 Å². The van der Waals surface area contributed by atoms with E-state index < -0.39 is 12.1 Å². The molecule has 1 heterocycles. The summed E-state index contributed by atoms with van der Waals surface area (Å²) in [5.41, 5.74) is 2.16. The van der Waals surface area contributed by atoms with Gasteiger partial charge in [0.25, 0.3) is 5.91 Å². The predicted molar refractivity (Wildman–Crippen MR) is 120 cm³/mol. The number of ether oxygens (including phenoxy) is 1. The van der Waals surface area contributed by atoms with Gasteiger partial charge in [-0.1, -0.05) is 42.5 Å². The van der Waals surface area contributed by atoms with Crippen molar-refractivity contribution >= 4 is 23.6 Å². The van der Waals surface area contributed by atoms with Gasteiger partial charge in [0.05, 0.1) is 0 Å². The molecule has 1 amide bonds. The fraction of sp³-hybridized carbons (Fsp3) is 0.320. The highest BCUT2D eigenvalue weighted by Crippen LogP contribution is 2.24. The summed E-state index contributed by atoms with van der Waals surface area (Å²) in [5.74, 6) is -1.05. The van der Waals surface area contributed by atoms with Crippen LogP contribution in [0.25, 0.3) is 6.08 Å². The zero-order valence-electron chi connectivity index (χ0n) is 18.0. The first-order valence-corrected chi connectivity index (χ1v) is 10.4. The lowest BCUT2D eigenvalue weighted by Crippen LogP contribution is -2.40. The second-order valence-electron chi connectivity index (χ2n) is 7.74. The van der Waals surface area contributed by atoms with E-state index in [1.54, 1.807) is 29.2 Å². The van der Waals surface area contributed by atoms with Crippen LogP contribution in [-0.2, 0) is 14.3 Å². The number of nitriles is 1. The van der Waals surface area contributed by atoms with Crippen molar-refractivity contribution in [3.05, 3.63) is 71.3 Å². The number of anilines is 1. The quantitative estimate of drug-likeness (QED) is 0.404. The minimum Gasteiger partial charge on any atom is -0.443 e. The predicted octanol–water partition coefficient (Wildman–Crippen LogP) is 3.96. The zero-order chi connectivity index (χ0) is 22.2. The monoisotopic (exact) mass is 417 g/mol. The fourth-order valence-electron chi connectivity index (χ4n) is 3.51. The van der Waals surface area contributed by atoms with Crippen molar-refractivity contribution in [3.8, 4) is 6.07 Å². The summed E-state index contributed by atoms with van der Waals surface area (Å²) in [6, 6.07) is 18.3. The van der Waals surface area contributed by atoms with E-state index in [0.717, 1.165) is 24.9 Å². The molecule has 3 rings (SSSR count). The van der Waals surface area contributed by atoms with E-state index in [4.69, 9.17) is 4.74 Å². The number of amides is 1. The Hall–Kier alpha value is -3.59. The Balaban J connectivity index is 1.82. The summed E-state index contributed by atoms with van der Waals surface area (Å²) in [7, 11) is 3.87. The van der Waals surface area contributed by atoms with Gasteiger partial charge in [-0.05, 0) is 43.0 Å². The van der Waals surface area contributed by atoms with Crippen molar-refractivity contribution in [2.24, 2.45) is 0 Å². The maximum Gasteiger partial charge on any atom is 0.350 e. The van der Waals surface area contributed by atoms with Crippen molar-refractivity contribution in [2.75, 3.05) is 32.1 Å². The Bertz CT molecular complexity index is 969. The van der Waals surface area contributed by atoms with Crippen LogP contribution in [0.1, 0.15) is 36.5 Å². The molecule has 0 spiro atoms. The van der Waals surface area contributed by atoms with Crippen molar-refractivity contribution in [2.45, 2.75) is 25.4 Å². The second-order valence-corrected chi connectivity index (χ2v) is 7.74. The van der Waals surface area contributed by atoms with Crippen LogP contribution in [0, 0.1) is 11.3 Å². The molecule has 1 fully saturated rings. The first kappa shape index (κ1) is 22.1. The number of hydrogen-bond acceptors (Lipinski definition) is 5. The average Bonchev–Trinajstić information content (AvgIpc) is 2.81. The molecule has 6 heteroatoms. The topological polar surface area (TPSA) is 73.6 Å². The van der Waals surface area contributed by atoms with Gasteiger partial charge in [0.1, 0.15) is 11.6 Å². The molecule has 2 aromatic carbocycles. The molecule has 0 aliphatic carbocycles. The summed E-state index contributed by atoms with van der Waals surface area (Å²) in [4.78, 5) is 29.7. The lowest BCUT2D eigenvalue weighted by Gasteiger charge is -2.30. The number of hydrogen-bond donors (Lipinski definition) is 0. The number of carbonyl (C=O) groups is 2. The molecule has 1 aliphatic rings. The molecule has 0 unspecified atom stereocenters. The van der Waals surface area contributed by atoms with Crippen LogP contribution in [0.5, 0.6) is 0 Å². The van der Waals surface area contributed by atoms with Gasteiger partial charge < -0.3 is 14.5 Å². The Morgan fingerprint density at radius 2 is 1.68 bits per heavy atom. The Labute approximate surface area is 183 Å². The maximum atomic E-state index is 13.1. The SMILES string of the molecule is CN(C)c1ccc(/C=C(\C#N)C(=O)O[C@@H](C(=O)N2CCCCC2)c2ccccc2)cc1. The number of nitrogens with zero attached hydrogens (tertiary/aromatic N) is 3. The molecule has 0 aromatic heterocycles. The Morgan fingerprint density at radius 3 is 2.26 bits per heavy atom. The first-order valence-electron chi connectivity index (χ1n) is 10.4. The maximum absolute atomic E-state index is 13.1. The van der Waals surface area contributed by atoms with Gasteiger partial charge in [-0.15, -0.1) is 0 Å². The molecule has 0 radical (unpaired) electrons. The Morgan fingerprint density at radius 1 is 1.03 bits per heavy atom. The van der Waals surface area contributed by atoms with Crippen LogP contribution in [0.4, 0.5) is 5.69 Å². The van der Waals surface area contributed by atoms with Crippen LogP contribution in [0.15, 0.2) is 60.2 Å². The molecule has 0 bridgehead atoms. The molecule has 0 saturated carbocycles. The van der Waals surface area contributed by atoms with Crippen LogP contribution < -0.4 is 4.90 Å². The number of benzene rings is 2. The van der Waals surface area contributed by atoms with E-state index in [0.29, 0.717) is 24.2 Å². The molecule has 31 heavy (non-hydrogen) atoms. The third-order valence-corrected chi connectivity index (χ3v) is 5.28. The largest absolute Gasteiger partial charge is 0.443 e. The lowest BCUT2D eigenvalue weighted by molar-refractivity contribution is -0.158. The summed E-state index contributed by atoms with van der Waals surface area (Å²) >= 11 is 0. The molecular formula is C25H27N3O3. The third kappa shape index (κ3) is 5.73. The highest BCUT2D eigenvalue weighted by Gasteiger charge is 2.31. The van der Waals surface area contributed by atoms with Crippen molar-refractivity contribution < 1.29 is 14.3 Å². The molecule has 2 aromatic rings. The summed E-state index contributed by atoms with van der Waals surface area (Å²) < 4.78 is 5.61. The van der Waals surface area contributed by atoms with Gasteiger partial charge in [-0.2, -0.15) is 5.26 Å². The standard InChI is InChI=1S/C25H27N3O3/c1-27(2)22-13-11-19(12-14-22)17-21(18-26)25(30)31-23(20-9-5-3-6-10-20)24(29)28-15-7-4-8-16-28/h3,5-6,9-14,17,23H,4,7-8,15-16H2,1-2H3/b21-17+/t23-/m1/s1. The summed E-state index contributed by atoms with van der Waals surface area (Å²) in [5, 5.41) is 9.55. The highest BCUT2D eigenvalue weighted by molar-refractivity contribution is 5.99. The summed E-state index contributed by atoms with van der Waals surface area (Å²) in [6.07, 6.45) is 3.38. The van der Waals surface area contributed by atoms with E-state index in [-0.39, 0.29) is 11.5 Å². The normalized spacial score (nSPS) is 15.0. The van der Waals surface area contributed by atoms with E-state index >= 15 is 0 Å². The van der Waals surface area contributed by atoms with Crippen LogP contribution in [0.3, 0.4) is 0 Å². The molecular weight excluding hydrogens is 390 g/mol. The van der Waals surface area contributed by atoms with Gasteiger partial charge in [0.15, 0.2) is 0 Å². The first-order chi connectivity index (χ1) is 15.0. The minimum atomic E-state index is -1.07. The van der Waals surface area contributed by atoms with Crippen LogP contribution in [-0.4, -0.2) is 44.0 Å². The third-order valence-electron chi connectivity index (χ3n) is 5.28. The minimum absolute atomic E-state index is 0.148. The van der Waals surface area contributed by atoms with E-state index in [9.17, 15) is 14.9 Å². The number of piperidine rings is 1. The van der Waals surface area contributed by atoms with E-state index in [1.807, 2.05) is 55.4 Å². The molecule has 1 atom stereocenters. The lowest BCUT2D eigenvalue weighted by atomic mass is 10.1. The molecule has 0 N–H and O–H groups in total. The number of rotatable bonds is 6. The number of esters is 1. The highest BCUT2D eigenvalue weighted by atomic mass is 16.5. The molecule has 1 saturated heterocycles. The fourth-order valence-corrected chi connectivity index (χ4v) is 3.51. The van der Waals surface area contributed by atoms with Gasteiger partial charge >= 0.3 is 5.97 Å². The van der Waals surface area contributed by atoms with Gasteiger partial charge in [0.2, 0.25) is 6.10 Å². The number of carbonyl (C=O) groups excluding carboxylic acids is 2. The zero-order valence-corrected chi connectivity index (χ0v) is 18.0. The molecule has 160 valence electrons. The average molecular weight is 418 g/mol. The van der Waals surface area contributed by atoms with Crippen LogP contribution in [0.2, 0.25) is 0 Å². The van der Waals surface area contributed by atoms with E-state index in [2.05, 4.69) is 0 Å².